The highest BCUT2D eigenvalue weighted by Crippen LogP contribution is 2.21. The lowest BCUT2D eigenvalue weighted by molar-refractivity contribution is 0.0601. The van der Waals surface area contributed by atoms with Crippen molar-refractivity contribution in [2.24, 2.45) is 0 Å². The van der Waals surface area contributed by atoms with Crippen molar-refractivity contribution < 1.29 is 14.3 Å². The van der Waals surface area contributed by atoms with Gasteiger partial charge in [-0.3, -0.25) is 14.3 Å². The van der Waals surface area contributed by atoms with Crippen molar-refractivity contribution in [2.45, 2.75) is 13.1 Å². The summed E-state index contributed by atoms with van der Waals surface area (Å²) in [6.45, 7) is 4.46. The fourth-order valence-corrected chi connectivity index (χ4v) is 4.70. The highest BCUT2D eigenvalue weighted by Gasteiger charge is 2.23. The zero-order chi connectivity index (χ0) is 25.8. The molecule has 1 saturated heterocycles. The highest BCUT2D eigenvalue weighted by molar-refractivity contribution is 5.94. The molecule has 190 valence electrons. The summed E-state index contributed by atoms with van der Waals surface area (Å²) in [5, 5.41) is 0.465. The number of nitrogens with zero attached hydrogens (tertiary/aromatic N) is 4. The fourth-order valence-electron chi connectivity index (χ4n) is 4.70. The molecule has 4 aromatic rings. The van der Waals surface area contributed by atoms with E-state index >= 15 is 0 Å². The van der Waals surface area contributed by atoms with Crippen LogP contribution in [0.2, 0.25) is 0 Å². The molecule has 0 saturated carbocycles. The summed E-state index contributed by atoms with van der Waals surface area (Å²) in [6, 6.07) is 23.0. The van der Waals surface area contributed by atoms with Gasteiger partial charge in [-0.05, 0) is 41.5 Å². The Morgan fingerprint density at radius 3 is 2.24 bits per heavy atom. The smallest absolute Gasteiger partial charge is 0.337 e. The Hall–Kier alpha value is -4.17. The summed E-state index contributed by atoms with van der Waals surface area (Å²) in [5.41, 5.74) is 2.97. The SMILES string of the molecule is COC(=O)c1ccc2c(=O)n(Cc3ccc(OC)cc3)c(N3CCN(Cc4ccccc4)CC3)nc2c1. The van der Waals surface area contributed by atoms with Crippen LogP contribution in [0.4, 0.5) is 5.95 Å². The molecule has 0 atom stereocenters. The molecular formula is C29H30N4O4. The number of esters is 1. The minimum absolute atomic E-state index is 0.140. The first kappa shape index (κ1) is 24.5. The normalized spacial score (nSPS) is 14.1. The monoisotopic (exact) mass is 498 g/mol. The van der Waals surface area contributed by atoms with E-state index in [1.54, 1.807) is 29.9 Å². The van der Waals surface area contributed by atoms with Gasteiger partial charge < -0.3 is 14.4 Å². The highest BCUT2D eigenvalue weighted by atomic mass is 16.5. The van der Waals surface area contributed by atoms with E-state index < -0.39 is 5.97 Å². The summed E-state index contributed by atoms with van der Waals surface area (Å²) >= 11 is 0. The molecule has 1 aliphatic rings. The van der Waals surface area contributed by atoms with Crippen LogP contribution in [-0.4, -0.2) is 60.8 Å². The van der Waals surface area contributed by atoms with Crippen molar-refractivity contribution in [3.63, 3.8) is 0 Å². The van der Waals surface area contributed by atoms with Gasteiger partial charge in [-0.1, -0.05) is 42.5 Å². The Balaban J connectivity index is 1.48. The molecule has 37 heavy (non-hydrogen) atoms. The number of methoxy groups -OCH3 is 2. The largest absolute Gasteiger partial charge is 0.497 e. The maximum Gasteiger partial charge on any atom is 0.337 e. The molecule has 2 heterocycles. The lowest BCUT2D eigenvalue weighted by atomic mass is 10.1. The third-order valence-electron chi connectivity index (χ3n) is 6.76. The van der Waals surface area contributed by atoms with E-state index in [9.17, 15) is 9.59 Å². The first-order valence-electron chi connectivity index (χ1n) is 12.3. The number of fused-ring (bicyclic) bond motifs is 1. The number of carbonyl (C=O) groups excluding carboxylic acids is 1. The average molecular weight is 499 g/mol. The van der Waals surface area contributed by atoms with Gasteiger partial charge in [-0.15, -0.1) is 0 Å². The maximum atomic E-state index is 13.7. The van der Waals surface area contributed by atoms with Gasteiger partial charge in [0.2, 0.25) is 5.95 Å². The van der Waals surface area contributed by atoms with Gasteiger partial charge in [-0.2, -0.15) is 0 Å². The Morgan fingerprint density at radius 1 is 0.865 bits per heavy atom. The second-order valence-corrected chi connectivity index (χ2v) is 9.12. The number of hydrogen-bond donors (Lipinski definition) is 0. The summed E-state index contributed by atoms with van der Waals surface area (Å²) in [5.74, 6) is 0.912. The number of anilines is 1. The van der Waals surface area contributed by atoms with Gasteiger partial charge in [0.05, 0.1) is 37.2 Å². The van der Waals surface area contributed by atoms with Crippen LogP contribution in [-0.2, 0) is 17.8 Å². The molecule has 0 unspecified atom stereocenters. The lowest BCUT2D eigenvalue weighted by Gasteiger charge is -2.36. The molecule has 0 spiro atoms. The fraction of sp³-hybridized carbons (Fsp3) is 0.276. The van der Waals surface area contributed by atoms with E-state index in [0.29, 0.717) is 29.0 Å². The average Bonchev–Trinajstić information content (AvgIpc) is 2.95. The number of hydrogen-bond acceptors (Lipinski definition) is 7. The second-order valence-electron chi connectivity index (χ2n) is 9.12. The van der Waals surface area contributed by atoms with E-state index in [0.717, 1.165) is 44.0 Å². The van der Waals surface area contributed by atoms with Crippen LogP contribution < -0.4 is 15.2 Å². The lowest BCUT2D eigenvalue weighted by Crippen LogP contribution is -2.48. The van der Waals surface area contributed by atoms with Crippen LogP contribution >= 0.6 is 0 Å². The Bertz CT molecular complexity index is 1440. The molecule has 5 rings (SSSR count). The maximum absolute atomic E-state index is 13.7. The predicted octanol–water partition coefficient (Wildman–Crippen LogP) is 3.56. The number of aromatic nitrogens is 2. The molecule has 0 N–H and O–H groups in total. The van der Waals surface area contributed by atoms with Crippen molar-refractivity contribution in [1.29, 1.82) is 0 Å². The van der Waals surface area contributed by atoms with Crippen LogP contribution in [0.15, 0.2) is 77.6 Å². The van der Waals surface area contributed by atoms with Crippen LogP contribution in [0, 0.1) is 0 Å². The van der Waals surface area contributed by atoms with Crippen LogP contribution in [0.3, 0.4) is 0 Å². The standard InChI is InChI=1S/C29H30N4O4/c1-36-24-11-8-22(9-12-24)20-33-27(34)25-13-10-23(28(35)37-2)18-26(25)30-29(33)32-16-14-31(15-17-32)19-21-6-4-3-5-7-21/h3-13,18H,14-17,19-20H2,1-2H3. The molecule has 0 radical (unpaired) electrons. The van der Waals surface area contributed by atoms with E-state index in [1.807, 2.05) is 30.3 Å². The number of piperazine rings is 1. The Labute approximate surface area is 215 Å². The molecule has 8 heteroatoms. The van der Waals surface area contributed by atoms with E-state index in [4.69, 9.17) is 14.5 Å². The zero-order valence-electron chi connectivity index (χ0n) is 21.1. The molecule has 0 amide bonds. The number of rotatable bonds is 7. The summed E-state index contributed by atoms with van der Waals surface area (Å²) in [7, 11) is 2.97. The Kier molecular flexibility index (Phi) is 7.18. The number of benzene rings is 3. The van der Waals surface area contributed by atoms with Gasteiger partial charge in [0.25, 0.3) is 5.56 Å². The van der Waals surface area contributed by atoms with Gasteiger partial charge in [0.1, 0.15) is 5.75 Å². The number of ether oxygens (including phenoxy) is 2. The summed E-state index contributed by atoms with van der Waals surface area (Å²) in [6.07, 6.45) is 0. The van der Waals surface area contributed by atoms with Gasteiger partial charge in [0, 0.05) is 32.7 Å². The molecule has 1 fully saturated rings. The minimum atomic E-state index is -0.456. The van der Waals surface area contributed by atoms with Gasteiger partial charge >= 0.3 is 5.97 Å². The topological polar surface area (TPSA) is 76.9 Å². The summed E-state index contributed by atoms with van der Waals surface area (Å²) in [4.78, 5) is 35.3. The van der Waals surface area contributed by atoms with E-state index in [2.05, 4.69) is 34.1 Å². The van der Waals surface area contributed by atoms with Crippen molar-refractivity contribution in [2.75, 3.05) is 45.3 Å². The van der Waals surface area contributed by atoms with Gasteiger partial charge in [-0.25, -0.2) is 9.78 Å². The third-order valence-corrected chi connectivity index (χ3v) is 6.76. The first-order valence-corrected chi connectivity index (χ1v) is 12.3. The molecule has 0 bridgehead atoms. The van der Waals surface area contributed by atoms with Crippen LogP contribution in [0.25, 0.3) is 10.9 Å². The van der Waals surface area contributed by atoms with E-state index in [1.165, 1.54) is 12.7 Å². The second kappa shape index (κ2) is 10.8. The third kappa shape index (κ3) is 5.34. The van der Waals surface area contributed by atoms with Crippen molar-refractivity contribution in [3.05, 3.63) is 99.8 Å². The molecule has 0 aliphatic carbocycles. The number of carbonyl (C=O) groups is 1. The van der Waals surface area contributed by atoms with Crippen molar-refractivity contribution in [3.8, 4) is 5.75 Å². The predicted molar refractivity (Wildman–Crippen MR) is 143 cm³/mol. The first-order chi connectivity index (χ1) is 18.1. The quantitative estimate of drug-likeness (QED) is 0.361. The molecule has 8 nitrogen and oxygen atoms in total. The van der Waals surface area contributed by atoms with Crippen LogP contribution in [0.5, 0.6) is 5.75 Å². The zero-order valence-corrected chi connectivity index (χ0v) is 21.1. The van der Waals surface area contributed by atoms with Crippen molar-refractivity contribution >= 4 is 22.8 Å². The molecule has 3 aromatic carbocycles. The van der Waals surface area contributed by atoms with Gasteiger partial charge in [0.15, 0.2) is 0 Å². The minimum Gasteiger partial charge on any atom is -0.497 e. The summed E-state index contributed by atoms with van der Waals surface area (Å²) < 4.78 is 11.9. The van der Waals surface area contributed by atoms with Crippen LogP contribution in [0.1, 0.15) is 21.5 Å². The molecular weight excluding hydrogens is 468 g/mol. The molecule has 1 aliphatic heterocycles. The van der Waals surface area contributed by atoms with E-state index in [-0.39, 0.29) is 5.56 Å². The Morgan fingerprint density at radius 2 is 1.57 bits per heavy atom. The van der Waals surface area contributed by atoms with Crippen molar-refractivity contribution in [1.82, 2.24) is 14.5 Å². The molecule has 1 aromatic heterocycles.